The molecule has 2 aromatic carbocycles. The van der Waals surface area contributed by atoms with E-state index < -0.39 is 0 Å². The molecule has 1 aliphatic heterocycles. The molecule has 0 spiro atoms. The normalized spacial score (nSPS) is 17.5. The molecular formula is C29H27N7O2. The van der Waals surface area contributed by atoms with Crippen molar-refractivity contribution < 1.29 is 9.53 Å². The summed E-state index contributed by atoms with van der Waals surface area (Å²) in [6.07, 6.45) is 7.06. The van der Waals surface area contributed by atoms with E-state index in [2.05, 4.69) is 16.0 Å². The van der Waals surface area contributed by atoms with Gasteiger partial charge in [-0.3, -0.25) is 4.79 Å². The molecule has 1 saturated carbocycles. The van der Waals surface area contributed by atoms with E-state index in [0.29, 0.717) is 47.3 Å². The zero-order valence-corrected chi connectivity index (χ0v) is 20.8. The van der Waals surface area contributed by atoms with Crippen LogP contribution in [0.25, 0.3) is 22.3 Å². The number of likely N-dealkylation sites (tertiary alicyclic amines) is 1. The van der Waals surface area contributed by atoms with Crippen molar-refractivity contribution in [1.29, 1.82) is 5.26 Å². The van der Waals surface area contributed by atoms with Crippen LogP contribution in [0.4, 0.5) is 5.82 Å². The number of carbonyl (C=O) groups excluding carboxylic acids is 1. The smallest absolute Gasteiger partial charge is 0.264 e. The van der Waals surface area contributed by atoms with Crippen LogP contribution in [0.1, 0.15) is 25.7 Å². The Balaban J connectivity index is 1.29. The highest BCUT2D eigenvalue weighted by Gasteiger charge is 2.33. The monoisotopic (exact) mass is 505 g/mol. The van der Waals surface area contributed by atoms with Crippen LogP contribution in [-0.2, 0) is 11.3 Å². The second-order valence-electron chi connectivity index (χ2n) is 9.75. The number of nitrogens with two attached hydrogens (primary N) is 1. The molecular weight excluding hydrogens is 478 g/mol. The minimum absolute atomic E-state index is 0.0905. The van der Waals surface area contributed by atoms with Crippen LogP contribution in [0.5, 0.6) is 11.5 Å². The molecule has 2 aliphatic rings. The lowest BCUT2D eigenvalue weighted by atomic mass is 10.1. The Hall–Kier alpha value is -4.71. The van der Waals surface area contributed by atoms with E-state index in [1.165, 1.54) is 6.33 Å². The third-order valence-corrected chi connectivity index (χ3v) is 7.06. The summed E-state index contributed by atoms with van der Waals surface area (Å²) < 4.78 is 7.73. The molecule has 3 heterocycles. The number of anilines is 1. The number of carbonyl (C=O) groups is 1. The number of amides is 1. The molecule has 1 atom stereocenters. The number of rotatable bonds is 7. The molecule has 38 heavy (non-hydrogen) atoms. The summed E-state index contributed by atoms with van der Waals surface area (Å²) in [6, 6.07) is 19.3. The molecule has 0 bridgehead atoms. The molecule has 0 radical (unpaired) electrons. The lowest BCUT2D eigenvalue weighted by Crippen LogP contribution is -2.39. The first-order valence-electron chi connectivity index (χ1n) is 12.8. The molecule has 1 aliphatic carbocycles. The summed E-state index contributed by atoms with van der Waals surface area (Å²) in [5.74, 6) is 1.98. The van der Waals surface area contributed by atoms with Crippen molar-refractivity contribution in [3.8, 4) is 28.8 Å². The molecule has 190 valence electrons. The van der Waals surface area contributed by atoms with Crippen molar-refractivity contribution in [2.24, 2.45) is 5.92 Å². The number of benzene rings is 2. The number of nitrogens with zero attached hydrogens (tertiary/aromatic N) is 6. The van der Waals surface area contributed by atoms with Crippen molar-refractivity contribution in [3.05, 3.63) is 72.6 Å². The van der Waals surface area contributed by atoms with Gasteiger partial charge in [-0.15, -0.1) is 0 Å². The van der Waals surface area contributed by atoms with E-state index in [1.54, 1.807) is 0 Å². The highest BCUT2D eigenvalue weighted by molar-refractivity contribution is 5.99. The number of allylic oxidation sites excluding steroid dienone is 1. The molecule has 2 aromatic heterocycles. The predicted octanol–water partition coefficient (Wildman–Crippen LogP) is 4.72. The average molecular weight is 506 g/mol. The van der Waals surface area contributed by atoms with E-state index in [4.69, 9.17) is 15.6 Å². The summed E-state index contributed by atoms with van der Waals surface area (Å²) in [5.41, 5.74) is 8.69. The van der Waals surface area contributed by atoms with Gasteiger partial charge in [0.05, 0.1) is 18.0 Å². The van der Waals surface area contributed by atoms with Gasteiger partial charge in [-0.2, -0.15) is 10.4 Å². The van der Waals surface area contributed by atoms with Gasteiger partial charge in [0.15, 0.2) is 5.65 Å². The second-order valence-corrected chi connectivity index (χ2v) is 9.75. The lowest BCUT2D eigenvalue weighted by Gasteiger charge is -2.24. The SMILES string of the molecule is N#C/C(=C/C1CC1)C(=O)N1CCC[C@H]1Cn1nc(-c2ccc(Oc3ccccc3)cc2)c2c(N)ncnc21. The summed E-state index contributed by atoms with van der Waals surface area (Å²) in [7, 11) is 0. The fraction of sp³-hybridized carbons (Fsp3) is 0.276. The van der Waals surface area contributed by atoms with Crippen LogP contribution in [-0.4, -0.2) is 43.1 Å². The number of hydrogen-bond acceptors (Lipinski definition) is 7. The minimum atomic E-state index is -0.193. The van der Waals surface area contributed by atoms with Crippen molar-refractivity contribution in [1.82, 2.24) is 24.6 Å². The molecule has 1 amide bonds. The fourth-order valence-electron chi connectivity index (χ4n) is 4.97. The Bertz CT molecular complexity index is 1550. The van der Waals surface area contributed by atoms with Gasteiger partial charge in [0, 0.05) is 12.1 Å². The van der Waals surface area contributed by atoms with Crippen LogP contribution in [0.15, 0.2) is 72.6 Å². The van der Waals surface area contributed by atoms with Crippen molar-refractivity contribution in [3.63, 3.8) is 0 Å². The molecule has 6 rings (SSSR count). The van der Waals surface area contributed by atoms with Gasteiger partial charge >= 0.3 is 0 Å². The Kier molecular flexibility index (Phi) is 6.22. The maximum atomic E-state index is 13.2. The molecule has 9 nitrogen and oxygen atoms in total. The fourth-order valence-corrected chi connectivity index (χ4v) is 4.97. The number of hydrogen-bond donors (Lipinski definition) is 1. The lowest BCUT2D eigenvalue weighted by molar-refractivity contribution is -0.127. The first kappa shape index (κ1) is 23.7. The first-order valence-corrected chi connectivity index (χ1v) is 12.8. The number of fused-ring (bicyclic) bond motifs is 1. The summed E-state index contributed by atoms with van der Waals surface area (Å²) >= 11 is 0. The molecule has 2 N–H and O–H groups in total. The maximum absolute atomic E-state index is 13.2. The largest absolute Gasteiger partial charge is 0.457 e. The highest BCUT2D eigenvalue weighted by Crippen LogP contribution is 2.34. The average Bonchev–Trinajstić information content (AvgIpc) is 3.52. The van der Waals surface area contributed by atoms with Gasteiger partial charge < -0.3 is 15.4 Å². The van der Waals surface area contributed by atoms with Gasteiger partial charge in [0.25, 0.3) is 5.91 Å². The quantitative estimate of drug-likeness (QED) is 0.285. The molecule has 0 unspecified atom stereocenters. The van der Waals surface area contributed by atoms with Crippen molar-refractivity contribution >= 4 is 22.8 Å². The van der Waals surface area contributed by atoms with Crippen LogP contribution < -0.4 is 10.5 Å². The van der Waals surface area contributed by atoms with Crippen LogP contribution >= 0.6 is 0 Å². The minimum Gasteiger partial charge on any atom is -0.457 e. The van der Waals surface area contributed by atoms with Crippen LogP contribution in [0.2, 0.25) is 0 Å². The Morgan fingerprint density at radius 1 is 1.08 bits per heavy atom. The second kappa shape index (κ2) is 9.98. The molecule has 1 saturated heterocycles. The summed E-state index contributed by atoms with van der Waals surface area (Å²) in [5, 5.41) is 15.2. The predicted molar refractivity (Wildman–Crippen MR) is 143 cm³/mol. The van der Waals surface area contributed by atoms with Crippen molar-refractivity contribution in [2.45, 2.75) is 38.3 Å². The van der Waals surface area contributed by atoms with Crippen molar-refractivity contribution in [2.75, 3.05) is 12.3 Å². The molecule has 4 aromatic rings. The third-order valence-electron chi connectivity index (χ3n) is 7.06. The number of para-hydroxylation sites is 1. The molecule has 2 fully saturated rings. The van der Waals surface area contributed by atoms with Gasteiger partial charge in [-0.05, 0) is 68.0 Å². The number of ether oxygens (including phenoxy) is 1. The number of aromatic nitrogens is 4. The van der Waals surface area contributed by atoms with Gasteiger partial charge in [-0.1, -0.05) is 24.3 Å². The Morgan fingerprint density at radius 3 is 2.58 bits per heavy atom. The zero-order valence-electron chi connectivity index (χ0n) is 20.8. The van der Waals surface area contributed by atoms with E-state index >= 15 is 0 Å². The van der Waals surface area contributed by atoms with E-state index in [-0.39, 0.29) is 17.5 Å². The topological polar surface area (TPSA) is 123 Å². The van der Waals surface area contributed by atoms with Gasteiger partial charge in [-0.25, -0.2) is 14.6 Å². The van der Waals surface area contributed by atoms with E-state index in [0.717, 1.165) is 37.0 Å². The summed E-state index contributed by atoms with van der Waals surface area (Å²) in [6.45, 7) is 1.08. The maximum Gasteiger partial charge on any atom is 0.264 e. The Morgan fingerprint density at radius 2 is 1.84 bits per heavy atom. The van der Waals surface area contributed by atoms with Gasteiger partial charge in [0.2, 0.25) is 0 Å². The van der Waals surface area contributed by atoms with E-state index in [1.807, 2.05) is 70.3 Å². The number of nitriles is 1. The van der Waals surface area contributed by atoms with E-state index in [9.17, 15) is 10.1 Å². The molecule has 9 heteroatoms. The standard InChI is InChI=1S/C29H27N7O2/c30-16-21(15-19-8-9-19)29(37)35-14-4-5-22(35)17-36-28-25(27(31)32-18-33-28)26(34-36)20-10-12-24(13-11-20)38-23-6-2-1-3-7-23/h1-3,6-7,10-13,15,18-19,22H,4-5,8-9,14,17H2,(H2,31,32,33)/b21-15-/t22-/m0/s1. The zero-order chi connectivity index (χ0) is 26.1. The van der Waals surface area contributed by atoms with Gasteiger partial charge in [0.1, 0.15) is 41.0 Å². The number of nitrogen functional groups attached to an aromatic ring is 1. The summed E-state index contributed by atoms with van der Waals surface area (Å²) in [4.78, 5) is 23.7. The third kappa shape index (κ3) is 4.68. The van der Waals surface area contributed by atoms with Crippen LogP contribution in [0.3, 0.4) is 0 Å². The van der Waals surface area contributed by atoms with Crippen LogP contribution in [0, 0.1) is 17.2 Å². The Labute approximate surface area is 220 Å². The highest BCUT2D eigenvalue weighted by atomic mass is 16.5. The first-order chi connectivity index (χ1) is 18.6.